The molecule has 1 atom stereocenters. The topological polar surface area (TPSA) is 35.8 Å². The van der Waals surface area contributed by atoms with Gasteiger partial charge in [-0.15, -0.1) is 0 Å². The van der Waals surface area contributed by atoms with E-state index in [1.165, 1.54) is 0 Å². The molecule has 0 aromatic rings. The first kappa shape index (κ1) is 9.43. The molecule has 0 heterocycles. The lowest BCUT2D eigenvalue weighted by atomic mass is 10.2. The maximum Gasteiger partial charge on any atom is 0.0587 e. The zero-order valence-corrected chi connectivity index (χ0v) is 6.91. The molecule has 0 aromatic carbocycles. The predicted octanol–water partition coefficient (Wildman–Crippen LogP) is 0.695. The molecule has 0 amide bonds. The van der Waals surface area contributed by atoms with E-state index in [0.29, 0.717) is 6.42 Å². The summed E-state index contributed by atoms with van der Waals surface area (Å²) in [7, 11) is 3.71. The molecule has 0 fully saturated rings. The number of aliphatic hydroxyl groups is 1. The first-order chi connectivity index (χ1) is 4.66. The van der Waals surface area contributed by atoms with Crippen molar-refractivity contribution in [2.24, 2.45) is 5.10 Å². The van der Waals surface area contributed by atoms with Crippen molar-refractivity contribution in [3.63, 3.8) is 0 Å². The fraction of sp³-hybridized carbons (Fsp3) is 0.857. The van der Waals surface area contributed by atoms with Crippen LogP contribution in [0, 0.1) is 0 Å². The summed E-state index contributed by atoms with van der Waals surface area (Å²) in [6, 6.07) is 0. The van der Waals surface area contributed by atoms with Crippen molar-refractivity contribution in [2.75, 3.05) is 14.1 Å². The third-order valence-corrected chi connectivity index (χ3v) is 1.16. The van der Waals surface area contributed by atoms with Gasteiger partial charge in [-0.05, 0) is 6.42 Å². The van der Waals surface area contributed by atoms with E-state index in [0.717, 1.165) is 6.42 Å². The second-order valence-corrected chi connectivity index (χ2v) is 2.44. The highest BCUT2D eigenvalue weighted by molar-refractivity contribution is 5.57. The average molecular weight is 144 g/mol. The minimum atomic E-state index is -0.233. The lowest BCUT2D eigenvalue weighted by Gasteiger charge is -2.04. The Labute approximate surface area is 62.3 Å². The van der Waals surface area contributed by atoms with Gasteiger partial charge in [-0.25, -0.2) is 0 Å². The third kappa shape index (κ3) is 5.56. The van der Waals surface area contributed by atoms with Crippen LogP contribution in [0.2, 0.25) is 0 Å². The molecule has 60 valence electrons. The van der Waals surface area contributed by atoms with Gasteiger partial charge >= 0.3 is 0 Å². The van der Waals surface area contributed by atoms with Crippen LogP contribution in [0.5, 0.6) is 0 Å². The molecule has 0 aliphatic rings. The molecule has 0 saturated heterocycles. The Morgan fingerprint density at radius 3 is 2.60 bits per heavy atom. The summed E-state index contributed by atoms with van der Waals surface area (Å²) >= 11 is 0. The molecule has 0 saturated carbocycles. The van der Waals surface area contributed by atoms with Crippen molar-refractivity contribution in [3.8, 4) is 0 Å². The van der Waals surface area contributed by atoms with Crippen LogP contribution in [-0.4, -0.2) is 36.5 Å². The van der Waals surface area contributed by atoms with E-state index >= 15 is 0 Å². The van der Waals surface area contributed by atoms with Crippen molar-refractivity contribution in [1.82, 2.24) is 5.01 Å². The van der Waals surface area contributed by atoms with Gasteiger partial charge in [-0.2, -0.15) is 5.10 Å². The quantitative estimate of drug-likeness (QED) is 0.465. The van der Waals surface area contributed by atoms with E-state index in [1.807, 2.05) is 21.0 Å². The van der Waals surface area contributed by atoms with Crippen molar-refractivity contribution in [3.05, 3.63) is 0 Å². The minimum Gasteiger partial charge on any atom is -0.393 e. The summed E-state index contributed by atoms with van der Waals surface area (Å²) in [6.07, 6.45) is 2.94. The van der Waals surface area contributed by atoms with E-state index in [1.54, 1.807) is 11.2 Å². The standard InChI is InChI=1S/C7H16N2O/c1-4-7(10)5-6-8-9(2)3/h6-7,10H,4-5H2,1-3H3/b8-6+/t7-/m1/s1. The van der Waals surface area contributed by atoms with Gasteiger partial charge in [0.15, 0.2) is 0 Å². The molecule has 0 unspecified atom stereocenters. The molecular weight excluding hydrogens is 128 g/mol. The first-order valence-electron chi connectivity index (χ1n) is 3.54. The molecule has 3 heteroatoms. The fourth-order valence-electron chi connectivity index (χ4n) is 0.499. The Kier molecular flexibility index (Phi) is 4.94. The Morgan fingerprint density at radius 1 is 1.60 bits per heavy atom. The van der Waals surface area contributed by atoms with Crippen LogP contribution in [-0.2, 0) is 0 Å². The maximum absolute atomic E-state index is 9.06. The zero-order chi connectivity index (χ0) is 7.98. The maximum atomic E-state index is 9.06. The van der Waals surface area contributed by atoms with Crippen LogP contribution in [0.4, 0.5) is 0 Å². The van der Waals surface area contributed by atoms with E-state index in [9.17, 15) is 0 Å². The molecule has 0 rings (SSSR count). The van der Waals surface area contributed by atoms with Gasteiger partial charge in [0, 0.05) is 26.7 Å². The predicted molar refractivity (Wildman–Crippen MR) is 43.1 cm³/mol. The Morgan fingerprint density at radius 2 is 2.20 bits per heavy atom. The molecule has 0 aliphatic heterocycles. The van der Waals surface area contributed by atoms with Gasteiger partial charge in [-0.1, -0.05) is 6.92 Å². The van der Waals surface area contributed by atoms with E-state index in [2.05, 4.69) is 5.10 Å². The second-order valence-electron chi connectivity index (χ2n) is 2.44. The molecular formula is C7H16N2O. The van der Waals surface area contributed by atoms with Crippen LogP contribution in [0.25, 0.3) is 0 Å². The lowest BCUT2D eigenvalue weighted by Crippen LogP contribution is -2.07. The molecule has 0 bridgehead atoms. The molecule has 1 N–H and O–H groups in total. The summed E-state index contributed by atoms with van der Waals surface area (Å²) in [6.45, 7) is 1.95. The van der Waals surface area contributed by atoms with E-state index in [-0.39, 0.29) is 6.10 Å². The van der Waals surface area contributed by atoms with E-state index in [4.69, 9.17) is 5.11 Å². The number of hydrogen-bond acceptors (Lipinski definition) is 3. The van der Waals surface area contributed by atoms with Crippen LogP contribution < -0.4 is 0 Å². The summed E-state index contributed by atoms with van der Waals surface area (Å²) in [5, 5.41) is 14.7. The molecule has 0 aliphatic carbocycles. The van der Waals surface area contributed by atoms with Gasteiger partial charge in [0.05, 0.1) is 6.10 Å². The average Bonchev–Trinajstić information content (AvgIpc) is 1.87. The summed E-state index contributed by atoms with van der Waals surface area (Å²) in [5.74, 6) is 0. The van der Waals surface area contributed by atoms with Gasteiger partial charge in [-0.3, -0.25) is 0 Å². The smallest absolute Gasteiger partial charge is 0.0587 e. The van der Waals surface area contributed by atoms with Crippen LogP contribution >= 0.6 is 0 Å². The fourth-order valence-corrected chi connectivity index (χ4v) is 0.499. The number of nitrogens with zero attached hydrogens (tertiary/aromatic N) is 2. The summed E-state index contributed by atoms with van der Waals surface area (Å²) in [4.78, 5) is 0. The highest BCUT2D eigenvalue weighted by Gasteiger charge is 1.95. The van der Waals surface area contributed by atoms with Crippen LogP contribution in [0.15, 0.2) is 5.10 Å². The zero-order valence-electron chi connectivity index (χ0n) is 6.91. The van der Waals surface area contributed by atoms with E-state index < -0.39 is 0 Å². The summed E-state index contributed by atoms with van der Waals surface area (Å²) < 4.78 is 0. The Hall–Kier alpha value is -0.570. The second kappa shape index (κ2) is 5.23. The number of aliphatic hydroxyl groups excluding tert-OH is 1. The van der Waals surface area contributed by atoms with Crippen LogP contribution in [0.1, 0.15) is 19.8 Å². The molecule has 10 heavy (non-hydrogen) atoms. The normalized spacial score (nSPS) is 14.0. The highest BCUT2D eigenvalue weighted by Crippen LogP contribution is 1.92. The van der Waals surface area contributed by atoms with Gasteiger partial charge in [0.2, 0.25) is 0 Å². The van der Waals surface area contributed by atoms with Crippen LogP contribution in [0.3, 0.4) is 0 Å². The third-order valence-electron chi connectivity index (χ3n) is 1.16. The van der Waals surface area contributed by atoms with Crippen molar-refractivity contribution < 1.29 is 5.11 Å². The first-order valence-corrected chi connectivity index (χ1v) is 3.54. The molecule has 0 radical (unpaired) electrons. The summed E-state index contributed by atoms with van der Waals surface area (Å²) in [5.41, 5.74) is 0. The Bertz CT molecular complexity index is 102. The lowest BCUT2D eigenvalue weighted by molar-refractivity contribution is 0.179. The molecule has 0 spiro atoms. The Balaban J connectivity index is 3.33. The SMILES string of the molecule is CC[C@@H](O)C/C=N/N(C)C. The number of rotatable bonds is 4. The highest BCUT2D eigenvalue weighted by atomic mass is 16.3. The largest absolute Gasteiger partial charge is 0.393 e. The number of hydrogen-bond donors (Lipinski definition) is 1. The molecule has 0 aromatic heterocycles. The van der Waals surface area contributed by atoms with Gasteiger partial charge in [0.25, 0.3) is 0 Å². The minimum absolute atomic E-state index is 0.233. The van der Waals surface area contributed by atoms with Crippen molar-refractivity contribution in [2.45, 2.75) is 25.9 Å². The molecule has 3 nitrogen and oxygen atoms in total. The van der Waals surface area contributed by atoms with Crippen molar-refractivity contribution >= 4 is 6.21 Å². The number of hydrazone groups is 1. The van der Waals surface area contributed by atoms with Crippen molar-refractivity contribution in [1.29, 1.82) is 0 Å². The monoisotopic (exact) mass is 144 g/mol. The van der Waals surface area contributed by atoms with Gasteiger partial charge < -0.3 is 10.1 Å². The van der Waals surface area contributed by atoms with Gasteiger partial charge in [0.1, 0.15) is 0 Å².